The molecule has 1 heterocycles. The van der Waals surface area contributed by atoms with E-state index in [2.05, 4.69) is 30.2 Å². The summed E-state index contributed by atoms with van der Waals surface area (Å²) in [5.74, 6) is 0.977. The molecule has 19 heavy (non-hydrogen) atoms. The summed E-state index contributed by atoms with van der Waals surface area (Å²) in [4.78, 5) is 4.21. The molecule has 2 unspecified atom stereocenters. The highest BCUT2D eigenvalue weighted by atomic mass is 14.9. The third-order valence-electron chi connectivity index (χ3n) is 4.46. The minimum absolute atomic E-state index is 0.418. The summed E-state index contributed by atoms with van der Waals surface area (Å²) in [6, 6.07) is 5.30. The van der Waals surface area contributed by atoms with Crippen molar-refractivity contribution < 1.29 is 0 Å². The van der Waals surface area contributed by atoms with Gasteiger partial charge in [-0.05, 0) is 43.7 Å². The van der Waals surface area contributed by atoms with E-state index in [0.29, 0.717) is 12.1 Å². The van der Waals surface area contributed by atoms with Gasteiger partial charge in [0.1, 0.15) is 0 Å². The fraction of sp³-hybridized carbons (Fsp3) is 0.706. The van der Waals surface area contributed by atoms with Crippen LogP contribution in [0.1, 0.15) is 70.4 Å². The molecule has 0 spiro atoms. The molecular formula is C17H28N2. The Morgan fingerprint density at radius 2 is 2.21 bits per heavy atom. The van der Waals surface area contributed by atoms with Crippen molar-refractivity contribution >= 4 is 0 Å². The first-order chi connectivity index (χ1) is 9.29. The van der Waals surface area contributed by atoms with Crippen molar-refractivity contribution in [3.63, 3.8) is 0 Å². The predicted molar refractivity (Wildman–Crippen MR) is 81.1 cm³/mol. The van der Waals surface area contributed by atoms with E-state index in [1.807, 2.05) is 18.5 Å². The fourth-order valence-corrected chi connectivity index (χ4v) is 3.32. The van der Waals surface area contributed by atoms with Gasteiger partial charge in [0.2, 0.25) is 0 Å². The van der Waals surface area contributed by atoms with Gasteiger partial charge in [-0.15, -0.1) is 0 Å². The monoisotopic (exact) mass is 260 g/mol. The second kappa shape index (κ2) is 7.64. The lowest BCUT2D eigenvalue weighted by molar-refractivity contribution is 0.392. The SMILES string of the molecule is CCCC1CCCC(N[C@H](C)c2cccnc2)CC1. The van der Waals surface area contributed by atoms with Crippen molar-refractivity contribution in [1.29, 1.82) is 0 Å². The average Bonchev–Trinajstić information content (AvgIpc) is 2.66. The van der Waals surface area contributed by atoms with Crippen molar-refractivity contribution in [1.82, 2.24) is 10.3 Å². The van der Waals surface area contributed by atoms with Crippen LogP contribution in [0.3, 0.4) is 0 Å². The molecule has 3 atom stereocenters. The van der Waals surface area contributed by atoms with E-state index < -0.39 is 0 Å². The third-order valence-corrected chi connectivity index (χ3v) is 4.46. The van der Waals surface area contributed by atoms with Crippen LogP contribution in [0.2, 0.25) is 0 Å². The largest absolute Gasteiger partial charge is 0.307 e. The maximum Gasteiger partial charge on any atom is 0.0315 e. The van der Waals surface area contributed by atoms with Crippen LogP contribution in [-0.4, -0.2) is 11.0 Å². The summed E-state index contributed by atoms with van der Waals surface area (Å²) in [6.07, 6.45) is 13.5. The number of rotatable bonds is 5. The van der Waals surface area contributed by atoms with E-state index in [-0.39, 0.29) is 0 Å². The summed E-state index contributed by atoms with van der Waals surface area (Å²) >= 11 is 0. The first-order valence-electron chi connectivity index (χ1n) is 7.95. The molecule has 1 fully saturated rings. The van der Waals surface area contributed by atoms with Crippen molar-refractivity contribution in [3.05, 3.63) is 30.1 Å². The Hall–Kier alpha value is -0.890. The molecule has 0 aliphatic heterocycles. The molecule has 1 aliphatic rings. The molecule has 0 bridgehead atoms. The average molecular weight is 260 g/mol. The van der Waals surface area contributed by atoms with Crippen LogP contribution in [0.25, 0.3) is 0 Å². The lowest BCUT2D eigenvalue weighted by Gasteiger charge is -2.22. The van der Waals surface area contributed by atoms with E-state index >= 15 is 0 Å². The molecule has 1 aromatic rings. The second-order valence-electron chi connectivity index (χ2n) is 6.03. The lowest BCUT2D eigenvalue weighted by atomic mass is 9.95. The molecule has 106 valence electrons. The highest BCUT2D eigenvalue weighted by molar-refractivity contribution is 5.13. The van der Waals surface area contributed by atoms with Gasteiger partial charge in [-0.2, -0.15) is 0 Å². The van der Waals surface area contributed by atoms with Gasteiger partial charge in [-0.25, -0.2) is 0 Å². The molecule has 0 saturated heterocycles. The van der Waals surface area contributed by atoms with Crippen molar-refractivity contribution in [2.45, 2.75) is 70.9 Å². The van der Waals surface area contributed by atoms with Crippen molar-refractivity contribution in [2.75, 3.05) is 0 Å². The van der Waals surface area contributed by atoms with E-state index in [0.717, 1.165) is 5.92 Å². The Morgan fingerprint density at radius 1 is 1.32 bits per heavy atom. The first-order valence-corrected chi connectivity index (χ1v) is 7.95. The Balaban J connectivity index is 1.83. The molecule has 2 heteroatoms. The van der Waals surface area contributed by atoms with Crippen LogP contribution in [0.4, 0.5) is 0 Å². The normalized spacial score (nSPS) is 25.8. The smallest absolute Gasteiger partial charge is 0.0315 e. The summed E-state index contributed by atoms with van der Waals surface area (Å²) in [7, 11) is 0. The van der Waals surface area contributed by atoms with Crippen molar-refractivity contribution in [3.8, 4) is 0 Å². The third kappa shape index (κ3) is 4.61. The number of nitrogens with zero attached hydrogens (tertiary/aromatic N) is 1. The van der Waals surface area contributed by atoms with Crippen LogP contribution in [0.15, 0.2) is 24.5 Å². The molecule has 2 rings (SSSR count). The molecule has 0 radical (unpaired) electrons. The van der Waals surface area contributed by atoms with Gasteiger partial charge < -0.3 is 5.32 Å². The topological polar surface area (TPSA) is 24.9 Å². The molecule has 1 saturated carbocycles. The summed E-state index contributed by atoms with van der Waals surface area (Å²) in [5.41, 5.74) is 1.30. The highest BCUT2D eigenvalue weighted by Crippen LogP contribution is 2.27. The predicted octanol–water partition coefficient (Wildman–Crippen LogP) is 4.48. The number of nitrogens with one attached hydrogen (secondary N) is 1. The van der Waals surface area contributed by atoms with Crippen LogP contribution >= 0.6 is 0 Å². The van der Waals surface area contributed by atoms with Gasteiger partial charge in [-0.3, -0.25) is 4.98 Å². The van der Waals surface area contributed by atoms with Gasteiger partial charge in [0.25, 0.3) is 0 Å². The second-order valence-corrected chi connectivity index (χ2v) is 6.03. The van der Waals surface area contributed by atoms with E-state index in [1.54, 1.807) is 0 Å². The Labute approximate surface area is 118 Å². The van der Waals surface area contributed by atoms with E-state index in [9.17, 15) is 0 Å². The molecule has 1 aliphatic carbocycles. The van der Waals surface area contributed by atoms with Gasteiger partial charge in [-0.1, -0.05) is 38.7 Å². The minimum Gasteiger partial charge on any atom is -0.307 e. The van der Waals surface area contributed by atoms with Gasteiger partial charge >= 0.3 is 0 Å². The number of hydrogen-bond donors (Lipinski definition) is 1. The number of pyridine rings is 1. The van der Waals surface area contributed by atoms with E-state index in [4.69, 9.17) is 0 Å². The van der Waals surface area contributed by atoms with E-state index in [1.165, 1.54) is 50.5 Å². The molecular weight excluding hydrogens is 232 g/mol. The van der Waals surface area contributed by atoms with Crippen LogP contribution in [0.5, 0.6) is 0 Å². The molecule has 0 aromatic carbocycles. The van der Waals surface area contributed by atoms with Crippen molar-refractivity contribution in [2.24, 2.45) is 5.92 Å². The first kappa shape index (κ1) is 14.5. The summed E-state index contributed by atoms with van der Waals surface area (Å²) in [6.45, 7) is 4.57. The number of aromatic nitrogens is 1. The molecule has 1 aromatic heterocycles. The highest BCUT2D eigenvalue weighted by Gasteiger charge is 2.19. The van der Waals surface area contributed by atoms with Gasteiger partial charge in [0.15, 0.2) is 0 Å². The van der Waals surface area contributed by atoms with Crippen LogP contribution in [0, 0.1) is 5.92 Å². The van der Waals surface area contributed by atoms with Crippen LogP contribution in [-0.2, 0) is 0 Å². The standard InChI is InChI=1S/C17H28N2/c1-3-6-15-7-4-9-17(11-10-15)19-14(2)16-8-5-12-18-13-16/h5,8,12-15,17,19H,3-4,6-7,9-11H2,1-2H3/t14-,15?,17?/m1/s1. The zero-order chi connectivity index (χ0) is 13.5. The number of hydrogen-bond acceptors (Lipinski definition) is 2. The Kier molecular flexibility index (Phi) is 5.84. The van der Waals surface area contributed by atoms with Gasteiger partial charge in [0.05, 0.1) is 0 Å². The summed E-state index contributed by atoms with van der Waals surface area (Å²) in [5, 5.41) is 3.80. The zero-order valence-electron chi connectivity index (χ0n) is 12.4. The quantitative estimate of drug-likeness (QED) is 0.789. The molecule has 0 amide bonds. The van der Waals surface area contributed by atoms with Gasteiger partial charge in [0, 0.05) is 24.5 Å². The Bertz CT molecular complexity index is 350. The maximum atomic E-state index is 4.21. The molecule has 2 nitrogen and oxygen atoms in total. The molecule has 1 N–H and O–H groups in total. The minimum atomic E-state index is 0.418. The Morgan fingerprint density at radius 3 is 2.95 bits per heavy atom. The lowest BCUT2D eigenvalue weighted by Crippen LogP contribution is -2.31. The zero-order valence-corrected chi connectivity index (χ0v) is 12.4. The maximum absolute atomic E-state index is 4.21. The van der Waals surface area contributed by atoms with Crippen LogP contribution < -0.4 is 5.32 Å². The summed E-state index contributed by atoms with van der Waals surface area (Å²) < 4.78 is 0. The fourth-order valence-electron chi connectivity index (χ4n) is 3.32.